The van der Waals surface area contributed by atoms with Crippen molar-refractivity contribution in [3.63, 3.8) is 0 Å². The van der Waals surface area contributed by atoms with Gasteiger partial charge in [-0.15, -0.1) is 0 Å². The molecule has 0 saturated heterocycles. The third-order valence-corrected chi connectivity index (χ3v) is 2.69. The normalized spacial score (nSPS) is 10.4. The molecule has 0 aliphatic carbocycles. The van der Waals surface area contributed by atoms with Crippen LogP contribution in [0.3, 0.4) is 0 Å². The fourth-order valence-corrected chi connectivity index (χ4v) is 1.94. The van der Waals surface area contributed by atoms with E-state index in [2.05, 4.69) is 44.2 Å². The van der Waals surface area contributed by atoms with E-state index < -0.39 is 0 Å². The van der Waals surface area contributed by atoms with Gasteiger partial charge in [-0.1, -0.05) is 35.9 Å². The zero-order valence-electron chi connectivity index (χ0n) is 9.83. The van der Waals surface area contributed by atoms with Crippen LogP contribution in [-0.2, 0) is 6.42 Å². The zero-order chi connectivity index (χ0) is 11.5. The van der Waals surface area contributed by atoms with Crippen molar-refractivity contribution in [3.05, 3.63) is 64.7 Å². The molecular formula is C15H17N. The minimum absolute atomic E-state index is 0.849. The zero-order valence-corrected chi connectivity index (χ0v) is 9.83. The fourth-order valence-electron chi connectivity index (χ4n) is 1.94. The van der Waals surface area contributed by atoms with Gasteiger partial charge in [0.2, 0.25) is 0 Å². The molecule has 0 bridgehead atoms. The van der Waals surface area contributed by atoms with Gasteiger partial charge in [0, 0.05) is 5.69 Å². The summed E-state index contributed by atoms with van der Waals surface area (Å²) >= 11 is 0. The highest BCUT2D eigenvalue weighted by Gasteiger charge is 1.98. The van der Waals surface area contributed by atoms with E-state index in [4.69, 9.17) is 5.73 Å². The summed E-state index contributed by atoms with van der Waals surface area (Å²) in [7, 11) is 0. The highest BCUT2D eigenvalue weighted by atomic mass is 14.5. The first-order valence-corrected chi connectivity index (χ1v) is 5.55. The number of hydrogen-bond acceptors (Lipinski definition) is 1. The summed E-state index contributed by atoms with van der Waals surface area (Å²) in [6.07, 6.45) is 0.951. The van der Waals surface area contributed by atoms with Crippen LogP contribution >= 0.6 is 0 Å². The van der Waals surface area contributed by atoms with E-state index in [0.717, 1.165) is 12.1 Å². The lowest BCUT2D eigenvalue weighted by molar-refractivity contribution is 1.18. The Morgan fingerprint density at radius 3 is 2.12 bits per heavy atom. The summed E-state index contributed by atoms with van der Waals surface area (Å²) in [6, 6.07) is 14.9. The summed E-state index contributed by atoms with van der Waals surface area (Å²) in [5, 5.41) is 0. The Balaban J connectivity index is 2.23. The Labute approximate surface area is 96.9 Å². The van der Waals surface area contributed by atoms with Crippen LogP contribution in [0.15, 0.2) is 42.5 Å². The molecule has 2 N–H and O–H groups in total. The number of rotatable bonds is 2. The number of hydrogen-bond donors (Lipinski definition) is 1. The predicted molar refractivity (Wildman–Crippen MR) is 69.6 cm³/mol. The van der Waals surface area contributed by atoms with Gasteiger partial charge >= 0.3 is 0 Å². The van der Waals surface area contributed by atoms with Crippen LogP contribution in [0.25, 0.3) is 0 Å². The minimum atomic E-state index is 0.849. The minimum Gasteiger partial charge on any atom is -0.399 e. The van der Waals surface area contributed by atoms with Crippen LogP contribution in [0.2, 0.25) is 0 Å². The van der Waals surface area contributed by atoms with Gasteiger partial charge in [0.15, 0.2) is 0 Å². The van der Waals surface area contributed by atoms with Gasteiger partial charge < -0.3 is 5.73 Å². The molecule has 82 valence electrons. The van der Waals surface area contributed by atoms with Crippen molar-refractivity contribution in [2.75, 3.05) is 5.73 Å². The van der Waals surface area contributed by atoms with E-state index in [1.807, 2.05) is 12.1 Å². The maximum absolute atomic E-state index is 5.84. The van der Waals surface area contributed by atoms with Crippen LogP contribution < -0.4 is 5.73 Å². The van der Waals surface area contributed by atoms with Crippen LogP contribution in [0, 0.1) is 13.8 Å². The van der Waals surface area contributed by atoms with Gasteiger partial charge in [-0.2, -0.15) is 0 Å². The molecule has 0 saturated carbocycles. The molecule has 0 amide bonds. The van der Waals surface area contributed by atoms with Crippen molar-refractivity contribution in [2.24, 2.45) is 0 Å². The lowest BCUT2D eigenvalue weighted by Crippen LogP contribution is -1.93. The Kier molecular flexibility index (Phi) is 2.95. The van der Waals surface area contributed by atoms with Gasteiger partial charge in [-0.05, 0) is 49.1 Å². The summed E-state index contributed by atoms with van der Waals surface area (Å²) < 4.78 is 0. The topological polar surface area (TPSA) is 26.0 Å². The average molecular weight is 211 g/mol. The molecule has 2 rings (SSSR count). The Morgan fingerprint density at radius 1 is 0.812 bits per heavy atom. The van der Waals surface area contributed by atoms with Crippen molar-refractivity contribution in [1.82, 2.24) is 0 Å². The first-order chi connectivity index (χ1) is 7.63. The number of benzene rings is 2. The molecule has 2 aromatic rings. The maximum Gasteiger partial charge on any atom is 0.0319 e. The second-order valence-electron chi connectivity index (χ2n) is 4.41. The summed E-state index contributed by atoms with van der Waals surface area (Å²) in [5.74, 6) is 0. The smallest absolute Gasteiger partial charge is 0.0319 e. The first-order valence-electron chi connectivity index (χ1n) is 5.55. The maximum atomic E-state index is 5.84. The second kappa shape index (κ2) is 4.40. The molecule has 0 aromatic heterocycles. The quantitative estimate of drug-likeness (QED) is 0.756. The van der Waals surface area contributed by atoms with Crippen molar-refractivity contribution in [3.8, 4) is 0 Å². The number of aryl methyl sites for hydroxylation is 2. The largest absolute Gasteiger partial charge is 0.399 e. The molecule has 0 radical (unpaired) electrons. The Morgan fingerprint density at radius 2 is 1.50 bits per heavy atom. The first kappa shape index (κ1) is 10.7. The molecule has 0 atom stereocenters. The number of nitrogen functional groups attached to an aromatic ring is 1. The summed E-state index contributed by atoms with van der Waals surface area (Å²) in [6.45, 7) is 4.18. The lowest BCUT2D eigenvalue weighted by atomic mass is 10.0. The second-order valence-corrected chi connectivity index (χ2v) is 4.41. The molecule has 0 aliphatic heterocycles. The van der Waals surface area contributed by atoms with Crippen molar-refractivity contribution in [1.29, 1.82) is 0 Å². The predicted octanol–water partition coefficient (Wildman–Crippen LogP) is 3.48. The monoisotopic (exact) mass is 211 g/mol. The molecular weight excluding hydrogens is 194 g/mol. The van der Waals surface area contributed by atoms with Crippen LogP contribution in [-0.4, -0.2) is 0 Å². The summed E-state index contributed by atoms with van der Waals surface area (Å²) in [4.78, 5) is 0. The van der Waals surface area contributed by atoms with Gasteiger partial charge in [0.1, 0.15) is 0 Å². The SMILES string of the molecule is Cc1ccc(Cc2cc(C)cc(N)c2)cc1. The van der Waals surface area contributed by atoms with E-state index in [-0.39, 0.29) is 0 Å². The molecule has 0 fully saturated rings. The lowest BCUT2D eigenvalue weighted by Gasteiger charge is -2.05. The van der Waals surface area contributed by atoms with E-state index in [1.165, 1.54) is 22.3 Å². The number of anilines is 1. The molecule has 2 aromatic carbocycles. The molecule has 1 nitrogen and oxygen atoms in total. The van der Waals surface area contributed by atoms with Gasteiger partial charge in [0.05, 0.1) is 0 Å². The fraction of sp³-hybridized carbons (Fsp3) is 0.200. The van der Waals surface area contributed by atoms with Gasteiger partial charge in [-0.25, -0.2) is 0 Å². The van der Waals surface area contributed by atoms with Crippen LogP contribution in [0.4, 0.5) is 5.69 Å². The summed E-state index contributed by atoms with van der Waals surface area (Å²) in [5.41, 5.74) is 11.8. The Bertz CT molecular complexity index is 463. The molecule has 0 heterocycles. The highest BCUT2D eigenvalue weighted by Crippen LogP contribution is 2.15. The highest BCUT2D eigenvalue weighted by molar-refractivity contribution is 5.45. The number of nitrogens with two attached hydrogens (primary N) is 1. The van der Waals surface area contributed by atoms with Crippen molar-refractivity contribution in [2.45, 2.75) is 20.3 Å². The van der Waals surface area contributed by atoms with Gasteiger partial charge in [-0.3, -0.25) is 0 Å². The van der Waals surface area contributed by atoms with E-state index in [1.54, 1.807) is 0 Å². The van der Waals surface area contributed by atoms with Crippen molar-refractivity contribution < 1.29 is 0 Å². The van der Waals surface area contributed by atoms with Crippen LogP contribution in [0.5, 0.6) is 0 Å². The van der Waals surface area contributed by atoms with Gasteiger partial charge in [0.25, 0.3) is 0 Å². The standard InChI is InChI=1S/C15H17N/c1-11-3-5-13(6-4-11)9-14-7-12(2)8-15(16)10-14/h3-8,10H,9,16H2,1-2H3. The Hall–Kier alpha value is -1.76. The average Bonchev–Trinajstić information content (AvgIpc) is 2.20. The molecule has 0 unspecified atom stereocenters. The third-order valence-electron chi connectivity index (χ3n) is 2.69. The van der Waals surface area contributed by atoms with E-state index in [0.29, 0.717) is 0 Å². The van der Waals surface area contributed by atoms with E-state index in [9.17, 15) is 0 Å². The van der Waals surface area contributed by atoms with E-state index >= 15 is 0 Å². The third kappa shape index (κ3) is 2.63. The molecule has 1 heteroatoms. The van der Waals surface area contributed by atoms with Crippen LogP contribution in [0.1, 0.15) is 22.3 Å². The molecule has 0 spiro atoms. The molecule has 16 heavy (non-hydrogen) atoms. The molecule has 0 aliphatic rings. The van der Waals surface area contributed by atoms with Crippen molar-refractivity contribution >= 4 is 5.69 Å².